The molecule has 0 N–H and O–H groups in total. The number of hydrogen-bond donors (Lipinski definition) is 0. The fourth-order valence-electron chi connectivity index (χ4n) is 5.94. The Morgan fingerprint density at radius 2 is 1.14 bits per heavy atom. The Morgan fingerprint density at radius 3 is 1.62 bits per heavy atom. The third-order valence-corrected chi connectivity index (χ3v) is 8.13. The van der Waals surface area contributed by atoms with Crippen molar-refractivity contribution in [1.82, 2.24) is 0 Å². The van der Waals surface area contributed by atoms with E-state index in [0.717, 1.165) is 29.4 Å². The highest BCUT2D eigenvalue weighted by Crippen LogP contribution is 2.38. The molecule has 1 aromatic carbocycles. The van der Waals surface area contributed by atoms with Crippen LogP contribution in [0, 0.1) is 23.7 Å². The summed E-state index contributed by atoms with van der Waals surface area (Å²) in [7, 11) is 1.74. The number of aryl methyl sites for hydroxylation is 1. The molecule has 1 heteroatoms. The first-order valence-corrected chi connectivity index (χ1v) is 12.9. The summed E-state index contributed by atoms with van der Waals surface area (Å²) >= 11 is 0. The van der Waals surface area contributed by atoms with Gasteiger partial charge in [-0.2, -0.15) is 0 Å². The van der Waals surface area contributed by atoms with Crippen LogP contribution in [-0.4, -0.2) is 7.11 Å². The van der Waals surface area contributed by atoms with E-state index in [-0.39, 0.29) is 0 Å². The van der Waals surface area contributed by atoms with Crippen molar-refractivity contribution in [2.45, 2.75) is 110 Å². The summed E-state index contributed by atoms with van der Waals surface area (Å²) in [4.78, 5) is 0. The van der Waals surface area contributed by atoms with E-state index < -0.39 is 0 Å². The minimum absolute atomic E-state index is 0.965. The molecule has 0 aliphatic heterocycles. The lowest BCUT2D eigenvalue weighted by Gasteiger charge is -2.32. The van der Waals surface area contributed by atoms with Gasteiger partial charge in [-0.1, -0.05) is 109 Å². The molecule has 0 bridgehead atoms. The minimum atomic E-state index is 0.965. The summed E-state index contributed by atoms with van der Waals surface area (Å²) in [5.74, 6) is 5.10. The molecule has 2 saturated carbocycles. The standard InChI is InChI=1S/C28H46O/c1-3-4-5-6-23-7-9-24(10-8-23)11-12-25-13-15-26(16-14-25)17-18-27-19-21-28(29-2)22-20-27/h19-26H,3-18H2,1-2H3. The molecule has 2 aliphatic rings. The van der Waals surface area contributed by atoms with Crippen LogP contribution >= 0.6 is 0 Å². The Balaban J connectivity index is 1.24. The maximum absolute atomic E-state index is 5.27. The van der Waals surface area contributed by atoms with Gasteiger partial charge >= 0.3 is 0 Å². The van der Waals surface area contributed by atoms with E-state index in [1.54, 1.807) is 7.11 Å². The van der Waals surface area contributed by atoms with E-state index in [9.17, 15) is 0 Å². The van der Waals surface area contributed by atoms with E-state index in [1.807, 2.05) is 0 Å². The van der Waals surface area contributed by atoms with Crippen molar-refractivity contribution >= 4 is 0 Å². The lowest BCUT2D eigenvalue weighted by molar-refractivity contribution is 0.208. The summed E-state index contributed by atoms with van der Waals surface area (Å²) < 4.78 is 5.27. The molecule has 0 saturated heterocycles. The summed E-state index contributed by atoms with van der Waals surface area (Å²) in [6, 6.07) is 8.68. The second kappa shape index (κ2) is 12.7. The van der Waals surface area contributed by atoms with Crippen molar-refractivity contribution in [3.8, 4) is 5.75 Å². The van der Waals surface area contributed by atoms with Gasteiger partial charge in [0, 0.05) is 0 Å². The van der Waals surface area contributed by atoms with E-state index in [4.69, 9.17) is 4.74 Å². The largest absolute Gasteiger partial charge is 0.497 e. The quantitative estimate of drug-likeness (QED) is 0.339. The van der Waals surface area contributed by atoms with E-state index in [2.05, 4.69) is 31.2 Å². The highest BCUT2D eigenvalue weighted by atomic mass is 16.5. The molecule has 29 heavy (non-hydrogen) atoms. The molecule has 0 atom stereocenters. The second-order valence-corrected chi connectivity index (χ2v) is 10.2. The first kappa shape index (κ1) is 22.7. The normalized spacial score (nSPS) is 27.7. The van der Waals surface area contributed by atoms with E-state index in [1.165, 1.54) is 108 Å². The van der Waals surface area contributed by atoms with E-state index >= 15 is 0 Å². The van der Waals surface area contributed by atoms with Gasteiger partial charge in [0.1, 0.15) is 5.75 Å². The van der Waals surface area contributed by atoms with Crippen LogP contribution in [0.15, 0.2) is 24.3 Å². The molecule has 0 spiro atoms. The Bertz CT molecular complexity index is 532. The number of unbranched alkanes of at least 4 members (excludes halogenated alkanes) is 2. The predicted molar refractivity (Wildman–Crippen MR) is 126 cm³/mol. The molecule has 0 radical (unpaired) electrons. The van der Waals surface area contributed by atoms with Gasteiger partial charge in [-0.3, -0.25) is 0 Å². The molecule has 0 unspecified atom stereocenters. The summed E-state index contributed by atoms with van der Waals surface area (Å²) in [6.07, 6.45) is 23.6. The zero-order valence-electron chi connectivity index (χ0n) is 19.3. The van der Waals surface area contributed by atoms with Crippen molar-refractivity contribution in [2.24, 2.45) is 23.7 Å². The van der Waals surface area contributed by atoms with Crippen molar-refractivity contribution < 1.29 is 4.74 Å². The Labute approximate surface area is 181 Å². The molecule has 2 aliphatic carbocycles. The summed E-state index contributed by atoms with van der Waals surface area (Å²) in [5.41, 5.74) is 1.47. The van der Waals surface area contributed by atoms with Crippen LogP contribution in [0.2, 0.25) is 0 Å². The average molecular weight is 399 g/mol. The van der Waals surface area contributed by atoms with Crippen LogP contribution in [0.25, 0.3) is 0 Å². The summed E-state index contributed by atoms with van der Waals surface area (Å²) in [5, 5.41) is 0. The fourth-order valence-corrected chi connectivity index (χ4v) is 5.94. The zero-order chi connectivity index (χ0) is 20.3. The highest BCUT2D eigenvalue weighted by Gasteiger charge is 2.24. The van der Waals surface area contributed by atoms with Crippen LogP contribution in [0.4, 0.5) is 0 Å². The molecule has 0 amide bonds. The van der Waals surface area contributed by atoms with Crippen LogP contribution < -0.4 is 4.74 Å². The van der Waals surface area contributed by atoms with E-state index in [0.29, 0.717) is 0 Å². The van der Waals surface area contributed by atoms with Gasteiger partial charge in [0.2, 0.25) is 0 Å². The molecule has 0 heterocycles. The topological polar surface area (TPSA) is 9.23 Å². The highest BCUT2D eigenvalue weighted by molar-refractivity contribution is 5.27. The van der Waals surface area contributed by atoms with Gasteiger partial charge in [-0.25, -0.2) is 0 Å². The minimum Gasteiger partial charge on any atom is -0.497 e. The molecule has 0 aromatic heterocycles. The number of hydrogen-bond acceptors (Lipinski definition) is 1. The van der Waals surface area contributed by atoms with Crippen LogP contribution in [0.5, 0.6) is 5.75 Å². The molecule has 164 valence electrons. The van der Waals surface area contributed by atoms with Crippen molar-refractivity contribution in [1.29, 1.82) is 0 Å². The molecule has 2 fully saturated rings. The van der Waals surface area contributed by atoms with Gasteiger partial charge in [0.15, 0.2) is 0 Å². The average Bonchev–Trinajstić information content (AvgIpc) is 2.78. The fraction of sp³-hybridized carbons (Fsp3) is 0.786. The number of ether oxygens (including phenoxy) is 1. The molecule has 1 nitrogen and oxygen atoms in total. The number of benzene rings is 1. The first-order chi connectivity index (χ1) is 14.3. The van der Waals surface area contributed by atoms with Gasteiger partial charge in [-0.15, -0.1) is 0 Å². The molecular formula is C28H46O. The third-order valence-electron chi connectivity index (χ3n) is 8.13. The van der Waals surface area contributed by atoms with Crippen LogP contribution in [0.1, 0.15) is 109 Å². The van der Waals surface area contributed by atoms with Crippen molar-refractivity contribution in [3.05, 3.63) is 29.8 Å². The molecular weight excluding hydrogens is 352 g/mol. The Kier molecular flexibility index (Phi) is 9.91. The first-order valence-electron chi connectivity index (χ1n) is 12.9. The van der Waals surface area contributed by atoms with Crippen LogP contribution in [-0.2, 0) is 6.42 Å². The molecule has 1 aromatic rings. The third kappa shape index (κ3) is 7.99. The Hall–Kier alpha value is -0.980. The molecule has 3 rings (SSSR count). The smallest absolute Gasteiger partial charge is 0.118 e. The van der Waals surface area contributed by atoms with Crippen LogP contribution in [0.3, 0.4) is 0 Å². The second-order valence-electron chi connectivity index (χ2n) is 10.2. The SMILES string of the molecule is CCCCCC1CCC(CCC2CCC(CCc3ccc(OC)cc3)CC2)CC1. The number of methoxy groups -OCH3 is 1. The summed E-state index contributed by atoms with van der Waals surface area (Å²) in [6.45, 7) is 2.32. The van der Waals surface area contributed by atoms with Gasteiger partial charge in [0.05, 0.1) is 7.11 Å². The number of rotatable bonds is 11. The van der Waals surface area contributed by atoms with Gasteiger partial charge < -0.3 is 4.74 Å². The predicted octanol–water partition coefficient (Wildman–Crippen LogP) is 8.60. The maximum Gasteiger partial charge on any atom is 0.118 e. The monoisotopic (exact) mass is 398 g/mol. The zero-order valence-corrected chi connectivity index (χ0v) is 19.3. The Morgan fingerprint density at radius 1 is 0.655 bits per heavy atom. The van der Waals surface area contributed by atoms with Crippen molar-refractivity contribution in [2.75, 3.05) is 7.11 Å². The van der Waals surface area contributed by atoms with Gasteiger partial charge in [0.25, 0.3) is 0 Å². The lowest BCUT2D eigenvalue weighted by Crippen LogP contribution is -2.18. The van der Waals surface area contributed by atoms with Crippen molar-refractivity contribution in [3.63, 3.8) is 0 Å². The lowest BCUT2D eigenvalue weighted by atomic mass is 9.74. The van der Waals surface area contributed by atoms with Gasteiger partial charge in [-0.05, 0) is 54.2 Å². The maximum atomic E-state index is 5.27.